The van der Waals surface area contributed by atoms with Crippen molar-refractivity contribution in [2.45, 2.75) is 13.1 Å². The van der Waals surface area contributed by atoms with E-state index in [4.69, 9.17) is 4.74 Å². The zero-order chi connectivity index (χ0) is 27.0. The Hall–Kier alpha value is -4.87. The molecule has 0 fully saturated rings. The summed E-state index contributed by atoms with van der Waals surface area (Å²) in [6, 6.07) is 8.82. The van der Waals surface area contributed by atoms with Crippen LogP contribution in [0.3, 0.4) is 0 Å². The second-order valence-corrected chi connectivity index (χ2v) is 7.43. The van der Waals surface area contributed by atoms with Crippen LogP contribution in [-0.4, -0.2) is 34.0 Å². The number of nitrogens with zero attached hydrogens (tertiary/aromatic N) is 3. The fraction of sp³-hybridized carbons (Fsp3) is 0.120. The number of aromatic nitrogens is 3. The minimum atomic E-state index is -4.68. The van der Waals surface area contributed by atoms with E-state index < -0.39 is 17.8 Å². The lowest BCUT2D eigenvalue weighted by Crippen LogP contribution is -2.20. The zero-order valence-corrected chi connectivity index (χ0v) is 19.8. The molecule has 0 aliphatic carbocycles. The number of rotatable bonds is 8. The van der Waals surface area contributed by atoms with Gasteiger partial charge in [0.1, 0.15) is 11.5 Å². The number of anilines is 2. The lowest BCUT2D eigenvalue weighted by molar-refractivity contribution is -0.137. The maximum absolute atomic E-state index is 13.6. The molecule has 192 valence electrons. The predicted molar refractivity (Wildman–Crippen MR) is 132 cm³/mol. The number of benzene rings is 2. The summed E-state index contributed by atoms with van der Waals surface area (Å²) in [5.41, 5.74) is -0.704. The molecule has 37 heavy (non-hydrogen) atoms. The molecule has 0 unspecified atom stereocenters. The van der Waals surface area contributed by atoms with Gasteiger partial charge in [0.05, 0.1) is 23.6 Å². The van der Waals surface area contributed by atoms with Crippen LogP contribution in [0.5, 0.6) is 5.75 Å². The Bertz CT molecular complexity index is 1330. The number of hydrogen-bond donors (Lipinski definition) is 3. The number of likely N-dealkylation sites (N-methyl/N-ethyl adjacent to an activating group) is 1. The molecule has 0 bridgehead atoms. The number of ether oxygens (including phenoxy) is 1. The molecule has 3 rings (SSSR count). The molecule has 0 aliphatic heterocycles. The second-order valence-electron chi connectivity index (χ2n) is 7.43. The van der Waals surface area contributed by atoms with Gasteiger partial charge in [-0.15, -0.1) is 5.10 Å². The van der Waals surface area contributed by atoms with Crippen molar-refractivity contribution < 1.29 is 27.5 Å². The van der Waals surface area contributed by atoms with E-state index in [-0.39, 0.29) is 22.9 Å². The van der Waals surface area contributed by atoms with Crippen LogP contribution >= 0.6 is 0 Å². The van der Waals surface area contributed by atoms with Crippen molar-refractivity contribution in [3.05, 3.63) is 96.6 Å². The van der Waals surface area contributed by atoms with Crippen molar-refractivity contribution in [1.82, 2.24) is 20.3 Å². The van der Waals surface area contributed by atoms with E-state index in [1.54, 1.807) is 43.3 Å². The summed E-state index contributed by atoms with van der Waals surface area (Å²) in [7, 11) is 1.49. The molecular weight excluding hydrogens is 489 g/mol. The molecule has 0 radical (unpaired) electrons. The first-order valence-corrected chi connectivity index (χ1v) is 10.8. The highest BCUT2D eigenvalue weighted by Gasteiger charge is 2.34. The standard InChI is InChI=1S/C25H23F3N6O3/c1-4-5-20(14-16(2)23(35)29-3)37-19-9-6-17(7-10-19)31-24(36)32-18-8-11-22(34-13-12-30-33-34)21(15-18)25(26,27)28/h4-15H,2H2,1,3H3,(H,29,35)(H2,31,32,36)/b5-4-,20-14+. The molecule has 0 saturated carbocycles. The molecule has 0 saturated heterocycles. The van der Waals surface area contributed by atoms with Gasteiger partial charge in [-0.05, 0) is 61.5 Å². The lowest BCUT2D eigenvalue weighted by Gasteiger charge is -2.15. The van der Waals surface area contributed by atoms with Crippen molar-refractivity contribution in [2.75, 3.05) is 17.7 Å². The number of nitrogens with one attached hydrogen (secondary N) is 3. The van der Waals surface area contributed by atoms with Crippen molar-refractivity contribution >= 4 is 23.3 Å². The van der Waals surface area contributed by atoms with Gasteiger partial charge in [0, 0.05) is 24.0 Å². The van der Waals surface area contributed by atoms with Gasteiger partial charge < -0.3 is 20.7 Å². The highest BCUT2D eigenvalue weighted by Crippen LogP contribution is 2.35. The first-order chi connectivity index (χ1) is 17.6. The van der Waals surface area contributed by atoms with Gasteiger partial charge in [0.15, 0.2) is 0 Å². The maximum atomic E-state index is 13.6. The Balaban J connectivity index is 1.68. The fourth-order valence-corrected chi connectivity index (χ4v) is 3.09. The molecule has 1 heterocycles. The number of halogens is 3. The molecular formula is C25H23F3N6O3. The van der Waals surface area contributed by atoms with Crippen LogP contribution in [0.15, 0.2) is 91.0 Å². The first-order valence-electron chi connectivity index (χ1n) is 10.8. The largest absolute Gasteiger partial charge is 0.457 e. The zero-order valence-electron chi connectivity index (χ0n) is 19.8. The Labute approximate surface area is 210 Å². The van der Waals surface area contributed by atoms with E-state index in [9.17, 15) is 22.8 Å². The van der Waals surface area contributed by atoms with Gasteiger partial charge >= 0.3 is 12.2 Å². The quantitative estimate of drug-likeness (QED) is 0.222. The average molecular weight is 512 g/mol. The third-order valence-corrected chi connectivity index (χ3v) is 4.74. The van der Waals surface area contributed by atoms with Crippen LogP contribution in [0.25, 0.3) is 5.69 Å². The van der Waals surface area contributed by atoms with Crippen LogP contribution in [0.1, 0.15) is 12.5 Å². The Morgan fingerprint density at radius 1 is 1.08 bits per heavy atom. The Kier molecular flexibility index (Phi) is 8.46. The van der Waals surface area contributed by atoms with Crippen LogP contribution in [0.2, 0.25) is 0 Å². The molecule has 12 heteroatoms. The van der Waals surface area contributed by atoms with E-state index in [2.05, 4.69) is 32.8 Å². The number of hydrogen-bond acceptors (Lipinski definition) is 5. The van der Waals surface area contributed by atoms with Crippen molar-refractivity contribution in [3.8, 4) is 11.4 Å². The summed E-state index contributed by atoms with van der Waals surface area (Å²) >= 11 is 0. The molecule has 1 aromatic heterocycles. The highest BCUT2D eigenvalue weighted by molar-refractivity contribution is 6.00. The lowest BCUT2D eigenvalue weighted by atomic mass is 10.1. The number of amides is 3. The summed E-state index contributed by atoms with van der Waals surface area (Å²) in [6.45, 7) is 5.46. The molecule has 9 nitrogen and oxygen atoms in total. The van der Waals surface area contributed by atoms with E-state index in [1.807, 2.05) is 0 Å². The third kappa shape index (κ3) is 7.31. The van der Waals surface area contributed by atoms with Gasteiger partial charge in [0.2, 0.25) is 0 Å². The van der Waals surface area contributed by atoms with Crippen LogP contribution in [-0.2, 0) is 11.0 Å². The van der Waals surface area contributed by atoms with Gasteiger partial charge in [-0.1, -0.05) is 17.9 Å². The molecule has 3 aromatic rings. The van der Waals surface area contributed by atoms with E-state index in [1.165, 1.54) is 37.7 Å². The average Bonchev–Trinajstić information content (AvgIpc) is 3.39. The number of carbonyl (C=O) groups is 2. The number of carbonyl (C=O) groups excluding carboxylic acids is 2. The maximum Gasteiger partial charge on any atom is 0.418 e. The number of alkyl halides is 3. The smallest absolute Gasteiger partial charge is 0.418 e. The highest BCUT2D eigenvalue weighted by atomic mass is 19.4. The summed E-state index contributed by atoms with van der Waals surface area (Å²) in [5, 5.41) is 14.5. The molecule has 2 aromatic carbocycles. The summed E-state index contributed by atoms with van der Waals surface area (Å²) in [4.78, 5) is 24.1. The Morgan fingerprint density at radius 3 is 2.35 bits per heavy atom. The van der Waals surface area contributed by atoms with Crippen molar-refractivity contribution in [2.24, 2.45) is 0 Å². The minimum Gasteiger partial charge on any atom is -0.457 e. The van der Waals surface area contributed by atoms with Crippen LogP contribution in [0.4, 0.5) is 29.3 Å². The predicted octanol–water partition coefficient (Wildman–Crippen LogP) is 5.07. The van der Waals surface area contributed by atoms with Crippen LogP contribution in [0, 0.1) is 0 Å². The van der Waals surface area contributed by atoms with Gasteiger partial charge in [0.25, 0.3) is 5.91 Å². The summed E-state index contributed by atoms with van der Waals surface area (Å²) in [6.07, 6.45) is 2.71. The van der Waals surface area contributed by atoms with Gasteiger partial charge in [-0.2, -0.15) is 13.2 Å². The summed E-state index contributed by atoms with van der Waals surface area (Å²) < 4.78 is 47.5. The Morgan fingerprint density at radius 2 is 1.76 bits per heavy atom. The number of allylic oxidation sites excluding steroid dienone is 2. The van der Waals surface area contributed by atoms with Crippen molar-refractivity contribution in [3.63, 3.8) is 0 Å². The first kappa shape index (κ1) is 26.7. The van der Waals surface area contributed by atoms with E-state index >= 15 is 0 Å². The summed E-state index contributed by atoms with van der Waals surface area (Å²) in [5.74, 6) is 0.425. The molecule has 0 atom stereocenters. The normalized spacial score (nSPS) is 11.8. The van der Waals surface area contributed by atoms with Crippen LogP contribution < -0.4 is 20.7 Å². The topological polar surface area (TPSA) is 110 Å². The van der Waals surface area contributed by atoms with Gasteiger partial charge in [-0.25, -0.2) is 9.48 Å². The molecule has 0 spiro atoms. The molecule has 0 aliphatic rings. The SMILES string of the molecule is C=C(/C=C(\C=C/C)Oc1ccc(NC(=O)Nc2ccc(-n3ccnn3)c(C(F)(F)F)c2)cc1)C(=O)NC. The van der Waals surface area contributed by atoms with Gasteiger partial charge in [-0.3, -0.25) is 4.79 Å². The molecule has 3 N–H and O–H groups in total. The number of urea groups is 1. The second kappa shape index (κ2) is 11.7. The monoisotopic (exact) mass is 512 g/mol. The molecule has 3 amide bonds. The fourth-order valence-electron chi connectivity index (χ4n) is 3.09. The van der Waals surface area contributed by atoms with E-state index in [0.717, 1.165) is 10.7 Å². The minimum absolute atomic E-state index is 0.0638. The van der Waals surface area contributed by atoms with E-state index in [0.29, 0.717) is 17.2 Å². The third-order valence-electron chi connectivity index (χ3n) is 4.74. The van der Waals surface area contributed by atoms with Crippen molar-refractivity contribution in [1.29, 1.82) is 0 Å².